The monoisotopic (exact) mass is 251 g/mol. The van der Waals surface area contributed by atoms with Gasteiger partial charge < -0.3 is 4.42 Å². The number of ketones is 1. The van der Waals surface area contributed by atoms with Crippen molar-refractivity contribution >= 4 is 16.8 Å². The molecule has 3 aromatic rings. The first-order valence-electron chi connectivity index (χ1n) is 6.11. The molecule has 0 saturated carbocycles. The largest absolute Gasteiger partial charge is 0.452 e. The van der Waals surface area contributed by atoms with Crippen LogP contribution in [-0.2, 0) is 0 Å². The second-order valence-corrected chi connectivity index (χ2v) is 4.63. The minimum Gasteiger partial charge on any atom is -0.452 e. The molecular formula is C16H13NO2. The molecule has 0 aliphatic rings. The molecule has 0 N–H and O–H groups in total. The topological polar surface area (TPSA) is 43.1 Å². The van der Waals surface area contributed by atoms with Crippen LogP contribution in [0.25, 0.3) is 11.0 Å². The molecule has 0 radical (unpaired) electrons. The minimum absolute atomic E-state index is 0.126. The summed E-state index contributed by atoms with van der Waals surface area (Å²) in [6, 6.07) is 9.44. The molecule has 0 fully saturated rings. The van der Waals surface area contributed by atoms with Crippen molar-refractivity contribution in [3.8, 4) is 0 Å². The summed E-state index contributed by atoms with van der Waals surface area (Å²) in [7, 11) is 0. The first kappa shape index (κ1) is 11.7. The van der Waals surface area contributed by atoms with E-state index in [1.165, 1.54) is 0 Å². The zero-order valence-electron chi connectivity index (χ0n) is 10.8. The number of carbonyl (C=O) groups is 1. The quantitative estimate of drug-likeness (QED) is 0.652. The Labute approximate surface area is 110 Å². The lowest BCUT2D eigenvalue weighted by Crippen LogP contribution is -2.01. The van der Waals surface area contributed by atoms with Crippen molar-refractivity contribution in [1.82, 2.24) is 4.98 Å². The number of benzene rings is 1. The molecule has 0 amide bonds. The molecule has 3 nitrogen and oxygen atoms in total. The van der Waals surface area contributed by atoms with Crippen LogP contribution in [0.5, 0.6) is 0 Å². The Hall–Kier alpha value is -2.42. The lowest BCUT2D eigenvalue weighted by atomic mass is 10.1. The predicted molar refractivity (Wildman–Crippen MR) is 73.4 cm³/mol. The third kappa shape index (κ3) is 1.93. The highest BCUT2D eigenvalue weighted by molar-refractivity contribution is 6.10. The minimum atomic E-state index is -0.126. The highest BCUT2D eigenvalue weighted by Gasteiger charge is 2.19. The molecule has 3 rings (SSSR count). The summed E-state index contributed by atoms with van der Waals surface area (Å²) in [5.41, 5.74) is 3.29. The van der Waals surface area contributed by atoms with Crippen LogP contribution in [0, 0.1) is 13.8 Å². The molecule has 0 bridgehead atoms. The SMILES string of the molecule is Cc1ccc2c(C)c(C(=O)c3cccnc3)oc2c1. The average molecular weight is 251 g/mol. The van der Waals surface area contributed by atoms with Gasteiger partial charge in [0.15, 0.2) is 5.76 Å². The van der Waals surface area contributed by atoms with Crippen molar-refractivity contribution in [2.24, 2.45) is 0 Å². The van der Waals surface area contributed by atoms with E-state index in [0.29, 0.717) is 11.3 Å². The van der Waals surface area contributed by atoms with Crippen molar-refractivity contribution in [3.05, 3.63) is 65.2 Å². The van der Waals surface area contributed by atoms with Crippen LogP contribution < -0.4 is 0 Å². The molecule has 0 aliphatic heterocycles. The van der Waals surface area contributed by atoms with E-state index in [-0.39, 0.29) is 5.78 Å². The van der Waals surface area contributed by atoms with Gasteiger partial charge in [0, 0.05) is 28.9 Å². The normalized spacial score (nSPS) is 10.8. The van der Waals surface area contributed by atoms with Gasteiger partial charge in [-0.15, -0.1) is 0 Å². The Balaban J connectivity index is 2.16. The summed E-state index contributed by atoms with van der Waals surface area (Å²) in [4.78, 5) is 16.4. The number of aryl methyl sites for hydroxylation is 2. The van der Waals surface area contributed by atoms with Gasteiger partial charge in [0.2, 0.25) is 5.78 Å². The van der Waals surface area contributed by atoms with E-state index in [2.05, 4.69) is 4.98 Å². The lowest BCUT2D eigenvalue weighted by molar-refractivity contribution is 0.101. The predicted octanol–water partition coefficient (Wildman–Crippen LogP) is 3.68. The van der Waals surface area contributed by atoms with Gasteiger partial charge in [-0.25, -0.2) is 0 Å². The number of hydrogen-bond acceptors (Lipinski definition) is 3. The van der Waals surface area contributed by atoms with Crippen LogP contribution in [0.3, 0.4) is 0 Å². The molecule has 3 heteroatoms. The second-order valence-electron chi connectivity index (χ2n) is 4.63. The standard InChI is InChI=1S/C16H13NO2/c1-10-5-6-13-11(2)16(19-14(13)8-10)15(18)12-4-3-7-17-9-12/h3-9H,1-2H3. The van der Waals surface area contributed by atoms with Crippen LogP contribution in [0.4, 0.5) is 0 Å². The van der Waals surface area contributed by atoms with Crippen LogP contribution in [0.15, 0.2) is 47.1 Å². The summed E-state index contributed by atoms with van der Waals surface area (Å²) in [5.74, 6) is 0.271. The van der Waals surface area contributed by atoms with E-state index in [4.69, 9.17) is 4.42 Å². The number of nitrogens with zero attached hydrogens (tertiary/aromatic N) is 1. The number of fused-ring (bicyclic) bond motifs is 1. The van der Waals surface area contributed by atoms with Crippen molar-refractivity contribution in [1.29, 1.82) is 0 Å². The molecule has 0 saturated heterocycles. The highest BCUT2D eigenvalue weighted by atomic mass is 16.3. The maximum absolute atomic E-state index is 12.4. The van der Waals surface area contributed by atoms with E-state index in [1.807, 2.05) is 32.0 Å². The highest BCUT2D eigenvalue weighted by Crippen LogP contribution is 2.27. The van der Waals surface area contributed by atoms with Crippen LogP contribution in [0.2, 0.25) is 0 Å². The van der Waals surface area contributed by atoms with Gasteiger partial charge in [-0.2, -0.15) is 0 Å². The first-order valence-corrected chi connectivity index (χ1v) is 6.11. The van der Waals surface area contributed by atoms with Crippen molar-refractivity contribution in [2.45, 2.75) is 13.8 Å². The molecule has 1 aromatic carbocycles. The summed E-state index contributed by atoms with van der Waals surface area (Å²) in [6.07, 6.45) is 3.20. The average Bonchev–Trinajstić information content (AvgIpc) is 2.75. The number of aromatic nitrogens is 1. The second kappa shape index (κ2) is 4.35. The van der Waals surface area contributed by atoms with Gasteiger partial charge in [0.25, 0.3) is 0 Å². The third-order valence-electron chi connectivity index (χ3n) is 3.22. The van der Waals surface area contributed by atoms with E-state index < -0.39 is 0 Å². The number of furan rings is 1. The van der Waals surface area contributed by atoms with E-state index >= 15 is 0 Å². The van der Waals surface area contributed by atoms with E-state index in [0.717, 1.165) is 22.1 Å². The van der Waals surface area contributed by atoms with Gasteiger partial charge in [0.1, 0.15) is 5.58 Å². The molecule has 0 spiro atoms. The molecule has 0 atom stereocenters. The smallest absolute Gasteiger partial charge is 0.230 e. The molecule has 2 heterocycles. The molecule has 19 heavy (non-hydrogen) atoms. The Morgan fingerprint density at radius 3 is 2.79 bits per heavy atom. The molecule has 0 unspecified atom stereocenters. The summed E-state index contributed by atoms with van der Waals surface area (Å²) >= 11 is 0. The number of hydrogen-bond donors (Lipinski definition) is 0. The van der Waals surface area contributed by atoms with E-state index in [9.17, 15) is 4.79 Å². The molecule has 2 aromatic heterocycles. The van der Waals surface area contributed by atoms with Gasteiger partial charge in [-0.3, -0.25) is 9.78 Å². The lowest BCUT2D eigenvalue weighted by Gasteiger charge is -1.97. The number of rotatable bonds is 2. The van der Waals surface area contributed by atoms with Crippen molar-refractivity contribution in [2.75, 3.05) is 0 Å². The zero-order chi connectivity index (χ0) is 13.4. The fourth-order valence-electron chi connectivity index (χ4n) is 2.18. The van der Waals surface area contributed by atoms with Crippen LogP contribution >= 0.6 is 0 Å². The molecule has 94 valence electrons. The Morgan fingerprint density at radius 1 is 1.21 bits per heavy atom. The molecular weight excluding hydrogens is 238 g/mol. The van der Waals surface area contributed by atoms with Crippen molar-refractivity contribution in [3.63, 3.8) is 0 Å². The third-order valence-corrected chi connectivity index (χ3v) is 3.22. The first-order chi connectivity index (χ1) is 9.16. The van der Waals surface area contributed by atoms with Gasteiger partial charge in [-0.1, -0.05) is 12.1 Å². The van der Waals surface area contributed by atoms with Gasteiger partial charge in [-0.05, 0) is 37.6 Å². The van der Waals surface area contributed by atoms with Gasteiger partial charge >= 0.3 is 0 Å². The zero-order valence-corrected chi connectivity index (χ0v) is 10.8. The van der Waals surface area contributed by atoms with Crippen molar-refractivity contribution < 1.29 is 9.21 Å². The Bertz CT molecular complexity index is 757. The fraction of sp³-hybridized carbons (Fsp3) is 0.125. The number of carbonyl (C=O) groups excluding carboxylic acids is 1. The number of pyridine rings is 1. The van der Waals surface area contributed by atoms with Gasteiger partial charge in [0.05, 0.1) is 0 Å². The Morgan fingerprint density at radius 2 is 2.05 bits per heavy atom. The Kier molecular flexibility index (Phi) is 2.67. The van der Waals surface area contributed by atoms with Crippen LogP contribution in [-0.4, -0.2) is 10.8 Å². The maximum Gasteiger partial charge on any atom is 0.230 e. The molecule has 0 aliphatic carbocycles. The summed E-state index contributed by atoms with van der Waals surface area (Å²) in [6.45, 7) is 3.91. The summed E-state index contributed by atoms with van der Waals surface area (Å²) in [5, 5.41) is 0.984. The van der Waals surface area contributed by atoms with Crippen LogP contribution in [0.1, 0.15) is 27.2 Å². The summed E-state index contributed by atoms with van der Waals surface area (Å²) < 4.78 is 5.72. The fourth-order valence-corrected chi connectivity index (χ4v) is 2.18. The maximum atomic E-state index is 12.4. The van der Waals surface area contributed by atoms with E-state index in [1.54, 1.807) is 24.5 Å².